The molecule has 0 atom stereocenters. The molecule has 2 heterocycles. The predicted molar refractivity (Wildman–Crippen MR) is 98.3 cm³/mol. The number of fused-ring (bicyclic) bond motifs is 1. The van der Waals surface area contributed by atoms with Gasteiger partial charge < -0.3 is 11.1 Å². The molecule has 0 saturated heterocycles. The highest BCUT2D eigenvalue weighted by Crippen LogP contribution is 2.19. The van der Waals surface area contributed by atoms with E-state index in [1.165, 1.54) is 10.9 Å². The van der Waals surface area contributed by atoms with Crippen LogP contribution in [0.25, 0.3) is 16.9 Å². The number of imidazole rings is 1. The maximum atomic E-state index is 12.3. The van der Waals surface area contributed by atoms with Crippen LogP contribution in [0, 0.1) is 0 Å². The van der Waals surface area contributed by atoms with E-state index in [0.29, 0.717) is 28.1 Å². The van der Waals surface area contributed by atoms with Gasteiger partial charge in [-0.2, -0.15) is 0 Å². The molecule has 8 nitrogen and oxygen atoms in total. The number of nitrogens with two attached hydrogens (primary N) is 1. The zero-order valence-electron chi connectivity index (χ0n) is 13.5. The van der Waals surface area contributed by atoms with Crippen molar-refractivity contribution in [1.29, 1.82) is 0 Å². The van der Waals surface area contributed by atoms with Crippen molar-refractivity contribution in [3.8, 4) is 5.69 Å². The van der Waals surface area contributed by atoms with E-state index < -0.39 is 0 Å². The van der Waals surface area contributed by atoms with Crippen molar-refractivity contribution in [1.82, 2.24) is 19.5 Å². The summed E-state index contributed by atoms with van der Waals surface area (Å²) >= 11 is 0. The van der Waals surface area contributed by atoms with Crippen molar-refractivity contribution >= 4 is 28.6 Å². The third-order valence-electron chi connectivity index (χ3n) is 3.92. The Morgan fingerprint density at radius 1 is 1.04 bits per heavy atom. The molecule has 8 heteroatoms. The summed E-state index contributed by atoms with van der Waals surface area (Å²) in [6.07, 6.45) is 1.29. The van der Waals surface area contributed by atoms with Crippen LogP contribution in [0.3, 0.4) is 0 Å². The molecule has 26 heavy (non-hydrogen) atoms. The Morgan fingerprint density at radius 3 is 2.50 bits per heavy atom. The van der Waals surface area contributed by atoms with E-state index in [1.54, 1.807) is 48.5 Å². The van der Waals surface area contributed by atoms with Crippen LogP contribution in [-0.4, -0.2) is 25.4 Å². The Morgan fingerprint density at radius 2 is 1.77 bits per heavy atom. The molecule has 4 aromatic rings. The first-order valence-corrected chi connectivity index (χ1v) is 7.81. The fraction of sp³-hybridized carbons (Fsp3) is 0. The van der Waals surface area contributed by atoms with Crippen LogP contribution >= 0.6 is 0 Å². The van der Waals surface area contributed by atoms with Gasteiger partial charge in [0.1, 0.15) is 11.8 Å². The predicted octanol–water partition coefficient (Wildman–Crippen LogP) is 1.94. The maximum absolute atomic E-state index is 12.3. The smallest absolute Gasteiger partial charge is 0.332 e. The summed E-state index contributed by atoms with van der Waals surface area (Å²) in [4.78, 5) is 35.0. The van der Waals surface area contributed by atoms with Crippen molar-refractivity contribution in [3.63, 3.8) is 0 Å². The number of aromatic nitrogens is 4. The SMILES string of the molecule is Nc1ncnc2[nH]c(=O)n(-c3ccc(NC(=O)c4ccccc4)cc3)c12. The van der Waals surface area contributed by atoms with Crippen molar-refractivity contribution in [3.05, 3.63) is 77.0 Å². The molecule has 2 aromatic heterocycles. The number of hydrogen-bond donors (Lipinski definition) is 3. The van der Waals surface area contributed by atoms with Crippen LogP contribution in [0.5, 0.6) is 0 Å². The second kappa shape index (κ2) is 6.17. The fourth-order valence-corrected chi connectivity index (χ4v) is 2.70. The summed E-state index contributed by atoms with van der Waals surface area (Å²) in [5.41, 5.74) is 8.05. The van der Waals surface area contributed by atoms with E-state index in [0.717, 1.165) is 0 Å². The Bertz CT molecular complexity index is 1150. The van der Waals surface area contributed by atoms with Gasteiger partial charge in [-0.1, -0.05) is 18.2 Å². The van der Waals surface area contributed by atoms with Crippen LogP contribution in [0.2, 0.25) is 0 Å². The Kier molecular flexibility index (Phi) is 3.70. The number of H-pyrrole nitrogens is 1. The first-order chi connectivity index (χ1) is 12.6. The highest BCUT2D eigenvalue weighted by atomic mass is 16.2. The molecule has 0 saturated carbocycles. The Labute approximate surface area is 147 Å². The van der Waals surface area contributed by atoms with Gasteiger partial charge >= 0.3 is 5.69 Å². The van der Waals surface area contributed by atoms with Crippen LogP contribution < -0.4 is 16.7 Å². The summed E-state index contributed by atoms with van der Waals surface area (Å²) in [5.74, 6) is -0.00457. The van der Waals surface area contributed by atoms with Crippen molar-refractivity contribution < 1.29 is 4.79 Å². The molecule has 0 radical (unpaired) electrons. The molecule has 1 amide bonds. The minimum atomic E-state index is -0.367. The van der Waals surface area contributed by atoms with Gasteiger partial charge in [0.2, 0.25) is 0 Å². The van der Waals surface area contributed by atoms with Gasteiger partial charge in [0.15, 0.2) is 11.5 Å². The van der Waals surface area contributed by atoms with Crippen LogP contribution in [0.15, 0.2) is 65.7 Å². The van der Waals surface area contributed by atoms with Crippen LogP contribution in [-0.2, 0) is 0 Å². The molecular formula is C18H14N6O2. The number of rotatable bonds is 3. The Hall–Kier alpha value is -3.94. The standard InChI is InChI=1S/C18H14N6O2/c19-15-14-16(21-10-20-15)23-18(26)24(14)13-8-6-12(7-9-13)22-17(25)11-4-2-1-3-5-11/h1-10H,(H,22,25)(H3,19,20,21,23,26). The number of carbonyl (C=O) groups is 1. The monoisotopic (exact) mass is 346 g/mol. The van der Waals surface area contributed by atoms with Crippen LogP contribution in [0.1, 0.15) is 10.4 Å². The minimum absolute atomic E-state index is 0.204. The zero-order chi connectivity index (χ0) is 18.1. The number of benzene rings is 2. The molecular weight excluding hydrogens is 332 g/mol. The molecule has 0 aliphatic heterocycles. The summed E-state index contributed by atoms with van der Waals surface area (Å²) in [7, 11) is 0. The molecule has 4 rings (SSSR count). The summed E-state index contributed by atoms with van der Waals surface area (Å²) in [6.45, 7) is 0. The first kappa shape index (κ1) is 15.6. The maximum Gasteiger partial charge on any atom is 0.332 e. The van der Waals surface area contributed by atoms with E-state index in [1.807, 2.05) is 6.07 Å². The number of nitrogen functional groups attached to an aromatic ring is 1. The first-order valence-electron chi connectivity index (χ1n) is 7.81. The fourth-order valence-electron chi connectivity index (χ4n) is 2.70. The van der Waals surface area contributed by atoms with Crippen molar-refractivity contribution in [2.75, 3.05) is 11.1 Å². The van der Waals surface area contributed by atoms with Crippen molar-refractivity contribution in [2.45, 2.75) is 0 Å². The third-order valence-corrected chi connectivity index (χ3v) is 3.92. The number of carbonyl (C=O) groups excluding carboxylic acids is 1. The number of nitrogens with one attached hydrogen (secondary N) is 2. The molecule has 0 bridgehead atoms. The molecule has 2 aromatic carbocycles. The van der Waals surface area contributed by atoms with Gasteiger partial charge in [-0.05, 0) is 36.4 Å². The van der Waals surface area contributed by atoms with Gasteiger partial charge in [-0.15, -0.1) is 0 Å². The lowest BCUT2D eigenvalue weighted by atomic mass is 10.2. The summed E-state index contributed by atoms with van der Waals surface area (Å²) < 4.78 is 1.40. The summed E-state index contributed by atoms with van der Waals surface area (Å²) in [5, 5.41) is 2.81. The average Bonchev–Trinajstić information content (AvgIpc) is 3.00. The lowest BCUT2D eigenvalue weighted by molar-refractivity contribution is 0.102. The number of anilines is 2. The third kappa shape index (κ3) is 2.69. The van der Waals surface area contributed by atoms with E-state index >= 15 is 0 Å². The summed E-state index contributed by atoms with van der Waals surface area (Å²) in [6, 6.07) is 15.8. The van der Waals surface area contributed by atoms with E-state index in [2.05, 4.69) is 20.3 Å². The number of hydrogen-bond acceptors (Lipinski definition) is 5. The highest BCUT2D eigenvalue weighted by molar-refractivity contribution is 6.04. The average molecular weight is 346 g/mol. The quantitative estimate of drug-likeness (QED) is 0.524. The molecule has 0 unspecified atom stereocenters. The molecule has 4 N–H and O–H groups in total. The largest absolute Gasteiger partial charge is 0.382 e. The number of amides is 1. The van der Waals surface area contributed by atoms with Gasteiger partial charge in [-0.3, -0.25) is 14.3 Å². The molecule has 0 fully saturated rings. The normalized spacial score (nSPS) is 10.8. The van der Waals surface area contributed by atoms with Crippen molar-refractivity contribution in [2.24, 2.45) is 0 Å². The molecule has 0 spiro atoms. The minimum Gasteiger partial charge on any atom is -0.382 e. The van der Waals surface area contributed by atoms with Gasteiger partial charge in [0.05, 0.1) is 5.69 Å². The number of nitrogens with zero attached hydrogens (tertiary/aromatic N) is 3. The zero-order valence-corrected chi connectivity index (χ0v) is 13.5. The van der Waals surface area contributed by atoms with Crippen LogP contribution in [0.4, 0.5) is 11.5 Å². The highest BCUT2D eigenvalue weighted by Gasteiger charge is 2.13. The molecule has 128 valence electrons. The second-order valence-corrected chi connectivity index (χ2v) is 5.59. The van der Waals surface area contributed by atoms with E-state index in [9.17, 15) is 9.59 Å². The second-order valence-electron chi connectivity index (χ2n) is 5.59. The molecule has 0 aliphatic rings. The Balaban J connectivity index is 1.66. The molecule has 0 aliphatic carbocycles. The lowest BCUT2D eigenvalue weighted by Gasteiger charge is -2.08. The van der Waals surface area contributed by atoms with E-state index in [4.69, 9.17) is 5.73 Å². The van der Waals surface area contributed by atoms with Gasteiger partial charge in [0, 0.05) is 11.3 Å². The topological polar surface area (TPSA) is 119 Å². The number of aromatic amines is 1. The van der Waals surface area contributed by atoms with Gasteiger partial charge in [-0.25, -0.2) is 14.8 Å². The van der Waals surface area contributed by atoms with Gasteiger partial charge in [0.25, 0.3) is 5.91 Å². The lowest BCUT2D eigenvalue weighted by Crippen LogP contribution is -2.15. The van der Waals surface area contributed by atoms with E-state index in [-0.39, 0.29) is 17.4 Å².